The zero-order valence-electron chi connectivity index (χ0n) is 15.2. The molecule has 1 amide bonds. The maximum absolute atomic E-state index is 12.6. The number of nitrogens with one attached hydrogen (secondary N) is 2. The number of fused-ring (bicyclic) bond motifs is 2. The van der Waals surface area contributed by atoms with Gasteiger partial charge in [0.1, 0.15) is 5.65 Å². The lowest BCUT2D eigenvalue weighted by molar-refractivity contribution is 0.0950. The van der Waals surface area contributed by atoms with E-state index in [2.05, 4.69) is 21.9 Å². The first-order valence-electron chi connectivity index (χ1n) is 8.75. The van der Waals surface area contributed by atoms with Gasteiger partial charge in [0, 0.05) is 24.5 Å². The van der Waals surface area contributed by atoms with Crippen LogP contribution < -0.4 is 10.9 Å². The van der Waals surface area contributed by atoms with Crippen LogP contribution in [0.25, 0.3) is 16.6 Å². The number of nitrogens with zero attached hydrogens (tertiary/aromatic N) is 3. The Morgan fingerprint density at radius 2 is 2.14 bits per heavy atom. The number of hydrogen-bond donors (Lipinski definition) is 2. The SMILES string of the molecule is C=CCn1c(=S)[nH]c2cc(C(=O)NCc3cn4cc(Cl)ccc4n3)ccc2c1=O. The summed E-state index contributed by atoms with van der Waals surface area (Å²) in [4.78, 5) is 32.6. The number of aromatic nitrogens is 4. The highest BCUT2D eigenvalue weighted by atomic mass is 35.5. The third-order valence-electron chi connectivity index (χ3n) is 4.45. The van der Waals surface area contributed by atoms with Crippen LogP contribution in [0.3, 0.4) is 0 Å². The van der Waals surface area contributed by atoms with Crippen molar-refractivity contribution in [1.82, 2.24) is 24.3 Å². The van der Waals surface area contributed by atoms with Gasteiger partial charge in [-0.1, -0.05) is 17.7 Å². The number of carbonyl (C=O) groups excluding carboxylic acids is 1. The van der Waals surface area contributed by atoms with E-state index in [0.717, 1.165) is 5.65 Å². The first-order chi connectivity index (χ1) is 14.0. The summed E-state index contributed by atoms with van der Waals surface area (Å²) in [6.07, 6.45) is 5.16. The topological polar surface area (TPSA) is 84.2 Å². The van der Waals surface area contributed by atoms with Gasteiger partial charge in [-0.2, -0.15) is 0 Å². The summed E-state index contributed by atoms with van der Waals surface area (Å²) in [7, 11) is 0. The van der Waals surface area contributed by atoms with Crippen LogP contribution >= 0.6 is 23.8 Å². The number of hydrogen-bond acceptors (Lipinski definition) is 4. The summed E-state index contributed by atoms with van der Waals surface area (Å²) in [6, 6.07) is 8.40. The molecular formula is C20H16ClN5O2S. The normalized spacial score (nSPS) is 11.1. The third kappa shape index (κ3) is 3.72. The number of pyridine rings is 1. The fourth-order valence-electron chi connectivity index (χ4n) is 3.07. The number of halogens is 1. The van der Waals surface area contributed by atoms with Gasteiger partial charge < -0.3 is 14.7 Å². The van der Waals surface area contributed by atoms with Crippen LogP contribution in [-0.2, 0) is 13.1 Å². The van der Waals surface area contributed by atoms with Crippen LogP contribution in [0.5, 0.6) is 0 Å². The fourth-order valence-corrected chi connectivity index (χ4v) is 3.50. The summed E-state index contributed by atoms with van der Waals surface area (Å²) in [6.45, 7) is 4.21. The Kier molecular flexibility index (Phi) is 5.04. The molecule has 0 aliphatic heterocycles. The van der Waals surface area contributed by atoms with Crippen LogP contribution in [-0.4, -0.2) is 24.8 Å². The van der Waals surface area contributed by atoms with Crippen molar-refractivity contribution in [3.05, 3.63) is 86.8 Å². The quantitative estimate of drug-likeness (QED) is 0.379. The van der Waals surface area contributed by atoms with Crippen molar-refractivity contribution in [1.29, 1.82) is 0 Å². The summed E-state index contributed by atoms with van der Waals surface area (Å²) in [5.41, 5.74) is 2.14. The fraction of sp³-hybridized carbons (Fsp3) is 0.100. The first-order valence-corrected chi connectivity index (χ1v) is 9.54. The Hall–Kier alpha value is -3.23. The van der Waals surface area contributed by atoms with Crippen LogP contribution in [0.15, 0.2) is 60.2 Å². The van der Waals surface area contributed by atoms with Crippen LogP contribution in [0.1, 0.15) is 16.1 Å². The molecule has 0 saturated heterocycles. The van der Waals surface area contributed by atoms with E-state index in [1.165, 1.54) is 4.57 Å². The van der Waals surface area contributed by atoms with E-state index in [1.807, 2.05) is 0 Å². The van der Waals surface area contributed by atoms with E-state index in [-0.39, 0.29) is 22.8 Å². The molecule has 1 aromatic carbocycles. The van der Waals surface area contributed by atoms with E-state index in [4.69, 9.17) is 23.8 Å². The van der Waals surface area contributed by atoms with E-state index in [9.17, 15) is 9.59 Å². The average molecular weight is 426 g/mol. The Balaban J connectivity index is 1.57. The van der Waals surface area contributed by atoms with Crippen molar-refractivity contribution < 1.29 is 4.79 Å². The number of benzene rings is 1. The van der Waals surface area contributed by atoms with Crippen molar-refractivity contribution in [3.8, 4) is 0 Å². The van der Waals surface area contributed by atoms with Gasteiger partial charge >= 0.3 is 0 Å². The highest BCUT2D eigenvalue weighted by Gasteiger charge is 2.11. The molecule has 9 heteroatoms. The van der Waals surface area contributed by atoms with Gasteiger partial charge in [0.2, 0.25) is 0 Å². The largest absolute Gasteiger partial charge is 0.346 e. The lowest BCUT2D eigenvalue weighted by Gasteiger charge is -2.08. The molecular weight excluding hydrogens is 410 g/mol. The van der Waals surface area contributed by atoms with Crippen LogP contribution in [0, 0.1) is 4.77 Å². The number of rotatable bonds is 5. The lowest BCUT2D eigenvalue weighted by atomic mass is 10.1. The Bertz CT molecular complexity index is 1390. The number of aromatic amines is 1. The van der Waals surface area contributed by atoms with Gasteiger partial charge in [0.05, 0.1) is 28.2 Å². The monoisotopic (exact) mass is 425 g/mol. The standard InChI is InChI=1S/C20H16ClN5O2S/c1-2-7-26-19(28)15-5-3-12(8-16(15)24-20(26)29)18(27)22-9-14-11-25-10-13(21)4-6-17(25)23-14/h2-6,8,10-11H,1,7,9H2,(H,22,27)(H,24,29). The van der Waals surface area contributed by atoms with Crippen molar-refractivity contribution in [2.24, 2.45) is 0 Å². The molecule has 0 fully saturated rings. The minimum Gasteiger partial charge on any atom is -0.346 e. The van der Waals surface area contributed by atoms with Gasteiger partial charge in [0.25, 0.3) is 11.5 Å². The molecule has 0 spiro atoms. The maximum atomic E-state index is 12.6. The molecule has 0 unspecified atom stereocenters. The van der Waals surface area contributed by atoms with Gasteiger partial charge in [-0.15, -0.1) is 6.58 Å². The molecule has 0 radical (unpaired) electrons. The summed E-state index contributed by atoms with van der Waals surface area (Å²) >= 11 is 11.2. The molecule has 0 saturated carbocycles. The molecule has 3 heterocycles. The number of allylic oxidation sites excluding steroid dienone is 1. The van der Waals surface area contributed by atoms with Gasteiger partial charge in [0.15, 0.2) is 4.77 Å². The molecule has 29 heavy (non-hydrogen) atoms. The summed E-state index contributed by atoms with van der Waals surface area (Å²) in [5.74, 6) is -0.281. The summed E-state index contributed by atoms with van der Waals surface area (Å²) in [5, 5.41) is 3.89. The first kappa shape index (κ1) is 19.1. The molecule has 146 valence electrons. The molecule has 7 nitrogen and oxygen atoms in total. The smallest absolute Gasteiger partial charge is 0.262 e. The predicted molar refractivity (Wildman–Crippen MR) is 115 cm³/mol. The molecule has 4 aromatic rings. The van der Waals surface area contributed by atoms with Crippen LogP contribution in [0.4, 0.5) is 0 Å². The van der Waals surface area contributed by atoms with Crippen molar-refractivity contribution >= 4 is 46.3 Å². The van der Waals surface area contributed by atoms with Crippen molar-refractivity contribution in [2.75, 3.05) is 0 Å². The third-order valence-corrected chi connectivity index (χ3v) is 5.00. The van der Waals surface area contributed by atoms with Crippen molar-refractivity contribution in [2.45, 2.75) is 13.1 Å². The minimum absolute atomic E-state index is 0.223. The van der Waals surface area contributed by atoms with Crippen LogP contribution in [0.2, 0.25) is 5.02 Å². The molecule has 3 aromatic heterocycles. The second kappa shape index (κ2) is 7.65. The molecule has 0 aliphatic carbocycles. The Morgan fingerprint density at radius 1 is 1.31 bits per heavy atom. The van der Waals surface area contributed by atoms with E-state index in [1.54, 1.807) is 53.2 Å². The minimum atomic E-state index is -0.281. The number of carbonyl (C=O) groups is 1. The number of amides is 1. The second-order valence-corrected chi connectivity index (χ2v) is 7.25. The number of imidazole rings is 1. The van der Waals surface area contributed by atoms with E-state index < -0.39 is 0 Å². The lowest BCUT2D eigenvalue weighted by Crippen LogP contribution is -2.24. The van der Waals surface area contributed by atoms with Gasteiger partial charge in [-0.3, -0.25) is 14.2 Å². The molecule has 0 atom stereocenters. The Labute approximate surface area is 175 Å². The summed E-state index contributed by atoms with van der Waals surface area (Å²) < 4.78 is 3.50. The van der Waals surface area contributed by atoms with Crippen molar-refractivity contribution in [3.63, 3.8) is 0 Å². The highest BCUT2D eigenvalue weighted by Crippen LogP contribution is 2.13. The Morgan fingerprint density at radius 3 is 2.93 bits per heavy atom. The predicted octanol–water partition coefficient (Wildman–Crippen LogP) is 3.48. The van der Waals surface area contributed by atoms with E-state index >= 15 is 0 Å². The zero-order valence-corrected chi connectivity index (χ0v) is 16.8. The average Bonchev–Trinajstić information content (AvgIpc) is 3.10. The second-order valence-electron chi connectivity index (χ2n) is 6.42. The van der Waals surface area contributed by atoms with Gasteiger partial charge in [-0.25, -0.2) is 4.98 Å². The highest BCUT2D eigenvalue weighted by molar-refractivity contribution is 7.71. The maximum Gasteiger partial charge on any atom is 0.262 e. The molecule has 0 aliphatic rings. The zero-order chi connectivity index (χ0) is 20.5. The number of H-pyrrole nitrogens is 1. The van der Waals surface area contributed by atoms with Gasteiger partial charge in [-0.05, 0) is 42.5 Å². The molecule has 0 bridgehead atoms. The van der Waals surface area contributed by atoms with E-state index in [0.29, 0.717) is 33.7 Å². The molecule has 4 rings (SSSR count). The molecule has 2 N–H and O–H groups in total.